The van der Waals surface area contributed by atoms with E-state index in [0.717, 1.165) is 17.5 Å². The fourth-order valence-corrected chi connectivity index (χ4v) is 2.26. The van der Waals surface area contributed by atoms with Gasteiger partial charge in [0.05, 0.1) is 0 Å². The van der Waals surface area contributed by atoms with Crippen LogP contribution in [0.4, 0.5) is 4.79 Å². The van der Waals surface area contributed by atoms with Crippen LogP contribution in [-0.2, 0) is 17.9 Å². The first-order valence-corrected chi connectivity index (χ1v) is 6.47. The molecule has 0 fully saturated rings. The van der Waals surface area contributed by atoms with Crippen molar-refractivity contribution in [2.45, 2.75) is 38.9 Å². The van der Waals surface area contributed by atoms with Crippen LogP contribution in [0.5, 0.6) is 0 Å². The lowest BCUT2D eigenvalue weighted by Crippen LogP contribution is -2.46. The van der Waals surface area contributed by atoms with E-state index in [1.165, 1.54) is 0 Å². The zero-order valence-corrected chi connectivity index (χ0v) is 10.9. The van der Waals surface area contributed by atoms with E-state index in [4.69, 9.17) is 5.11 Å². The molecule has 0 saturated carbocycles. The third kappa shape index (κ3) is 3.05. The molecule has 1 aliphatic rings. The molecule has 0 radical (unpaired) electrons. The Morgan fingerprint density at radius 2 is 1.89 bits per heavy atom. The minimum absolute atomic E-state index is 0.308. The molecule has 1 aromatic carbocycles. The van der Waals surface area contributed by atoms with Crippen LogP contribution < -0.4 is 5.32 Å². The number of hydrogen-bond acceptors (Lipinski definition) is 2. The number of aliphatic carboxylic acids is 1. The Morgan fingerprint density at radius 1 is 1.32 bits per heavy atom. The van der Waals surface area contributed by atoms with Crippen molar-refractivity contribution in [1.82, 2.24) is 10.2 Å². The van der Waals surface area contributed by atoms with Crippen molar-refractivity contribution in [2.75, 3.05) is 0 Å². The van der Waals surface area contributed by atoms with Crippen molar-refractivity contribution >= 4 is 12.0 Å². The van der Waals surface area contributed by atoms with Crippen molar-refractivity contribution in [2.24, 2.45) is 0 Å². The van der Waals surface area contributed by atoms with Gasteiger partial charge in [-0.3, -0.25) is 0 Å². The Morgan fingerprint density at radius 3 is 2.37 bits per heavy atom. The minimum Gasteiger partial charge on any atom is -0.480 e. The number of carbonyl (C=O) groups is 2. The van der Waals surface area contributed by atoms with Crippen LogP contribution in [0.15, 0.2) is 24.3 Å². The van der Waals surface area contributed by atoms with Crippen LogP contribution in [0, 0.1) is 0 Å². The van der Waals surface area contributed by atoms with Gasteiger partial charge in [-0.05, 0) is 17.5 Å². The first kappa shape index (κ1) is 13.4. The molecule has 1 aliphatic heterocycles. The molecule has 2 rings (SSSR count). The summed E-state index contributed by atoms with van der Waals surface area (Å²) in [6, 6.07) is 6.75. The van der Waals surface area contributed by atoms with Gasteiger partial charge in [-0.15, -0.1) is 0 Å². The maximum Gasteiger partial charge on any atom is 0.326 e. The monoisotopic (exact) mass is 262 g/mol. The van der Waals surface area contributed by atoms with Crippen LogP contribution in [0.2, 0.25) is 0 Å². The number of carbonyl (C=O) groups excluding carboxylic acids is 1. The predicted molar refractivity (Wildman–Crippen MR) is 70.6 cm³/mol. The van der Waals surface area contributed by atoms with Gasteiger partial charge in [0.15, 0.2) is 0 Å². The molecule has 102 valence electrons. The van der Waals surface area contributed by atoms with Crippen molar-refractivity contribution < 1.29 is 14.7 Å². The lowest BCUT2D eigenvalue weighted by atomic mass is 10.1. The molecule has 5 nitrogen and oxygen atoms in total. The Balaban J connectivity index is 1.97. The van der Waals surface area contributed by atoms with E-state index in [0.29, 0.717) is 19.5 Å². The molecule has 5 heteroatoms. The maximum atomic E-state index is 12.1. The van der Waals surface area contributed by atoms with Gasteiger partial charge in [0.1, 0.15) is 6.04 Å². The lowest BCUT2D eigenvalue weighted by molar-refractivity contribution is -0.139. The van der Waals surface area contributed by atoms with Gasteiger partial charge >= 0.3 is 12.0 Å². The highest BCUT2D eigenvalue weighted by Crippen LogP contribution is 2.22. The molecule has 1 aromatic rings. The molecule has 0 aromatic heterocycles. The number of hydrogen-bond donors (Lipinski definition) is 2. The number of nitrogens with zero attached hydrogens (tertiary/aromatic N) is 1. The second-order valence-corrected chi connectivity index (χ2v) is 4.75. The number of benzene rings is 1. The predicted octanol–water partition coefficient (Wildman–Crippen LogP) is 1.97. The fourth-order valence-electron chi connectivity index (χ4n) is 2.26. The fraction of sp³-hybridized carbons (Fsp3) is 0.429. The molecule has 2 N–H and O–H groups in total. The topological polar surface area (TPSA) is 69.6 Å². The van der Waals surface area contributed by atoms with E-state index in [1.54, 1.807) is 4.90 Å². The zero-order chi connectivity index (χ0) is 13.8. The highest BCUT2D eigenvalue weighted by Gasteiger charge is 2.26. The maximum absolute atomic E-state index is 12.1. The number of rotatable bonds is 4. The summed E-state index contributed by atoms with van der Waals surface area (Å²) in [7, 11) is 0. The molecule has 1 atom stereocenters. The van der Waals surface area contributed by atoms with Crippen LogP contribution >= 0.6 is 0 Å². The van der Waals surface area contributed by atoms with Crippen LogP contribution in [-0.4, -0.2) is 28.0 Å². The molecule has 0 aliphatic carbocycles. The molecule has 0 bridgehead atoms. The van der Waals surface area contributed by atoms with Crippen molar-refractivity contribution in [3.05, 3.63) is 35.4 Å². The third-order valence-corrected chi connectivity index (χ3v) is 3.30. The molecular formula is C14H18N2O3. The SMILES string of the molecule is CCC[C@@H](NC(=O)N1Cc2ccccc2C1)C(=O)O. The zero-order valence-electron chi connectivity index (χ0n) is 10.9. The number of carboxylic acids is 1. The molecule has 2 amide bonds. The summed E-state index contributed by atoms with van der Waals surface area (Å²) in [5.41, 5.74) is 2.25. The summed E-state index contributed by atoms with van der Waals surface area (Å²) in [5.74, 6) is -0.980. The molecule has 0 saturated heterocycles. The number of amides is 2. The first-order chi connectivity index (χ1) is 9.11. The van der Waals surface area contributed by atoms with Gasteiger partial charge in [0.2, 0.25) is 0 Å². The van der Waals surface area contributed by atoms with Crippen LogP contribution in [0.25, 0.3) is 0 Å². The van der Waals surface area contributed by atoms with Gasteiger partial charge < -0.3 is 15.3 Å². The Kier molecular flexibility index (Phi) is 4.04. The normalized spacial score (nSPS) is 14.9. The average molecular weight is 262 g/mol. The smallest absolute Gasteiger partial charge is 0.326 e. The second kappa shape index (κ2) is 5.73. The van der Waals surface area contributed by atoms with Crippen molar-refractivity contribution in [3.63, 3.8) is 0 Å². The Labute approximate surface area is 112 Å². The number of fused-ring (bicyclic) bond motifs is 1. The van der Waals surface area contributed by atoms with Gasteiger partial charge in [-0.1, -0.05) is 37.6 Å². The van der Waals surface area contributed by atoms with Crippen LogP contribution in [0.3, 0.4) is 0 Å². The Hall–Kier alpha value is -2.04. The summed E-state index contributed by atoms with van der Waals surface area (Å²) < 4.78 is 0. The number of urea groups is 1. The van der Waals surface area contributed by atoms with E-state index in [2.05, 4.69) is 5.32 Å². The van der Waals surface area contributed by atoms with E-state index >= 15 is 0 Å². The number of carboxylic acid groups (broad SMARTS) is 1. The second-order valence-electron chi connectivity index (χ2n) is 4.75. The van der Waals surface area contributed by atoms with Crippen molar-refractivity contribution in [1.29, 1.82) is 0 Å². The van der Waals surface area contributed by atoms with E-state index in [-0.39, 0.29) is 6.03 Å². The average Bonchev–Trinajstić information content (AvgIpc) is 2.81. The molecular weight excluding hydrogens is 244 g/mol. The summed E-state index contributed by atoms with van der Waals surface area (Å²) in [4.78, 5) is 24.7. The van der Waals surface area contributed by atoms with E-state index in [9.17, 15) is 9.59 Å². The quantitative estimate of drug-likeness (QED) is 0.871. The summed E-state index contributed by atoms with van der Waals surface area (Å²) in [6.45, 7) is 2.98. The van der Waals surface area contributed by atoms with Gasteiger partial charge in [-0.25, -0.2) is 9.59 Å². The summed E-state index contributed by atoms with van der Waals surface area (Å²) >= 11 is 0. The highest BCUT2D eigenvalue weighted by molar-refractivity contribution is 5.82. The van der Waals surface area contributed by atoms with E-state index in [1.807, 2.05) is 31.2 Å². The van der Waals surface area contributed by atoms with Gasteiger partial charge in [0, 0.05) is 13.1 Å². The van der Waals surface area contributed by atoms with E-state index < -0.39 is 12.0 Å². The third-order valence-electron chi connectivity index (χ3n) is 3.30. The molecule has 19 heavy (non-hydrogen) atoms. The largest absolute Gasteiger partial charge is 0.480 e. The van der Waals surface area contributed by atoms with Gasteiger partial charge in [-0.2, -0.15) is 0 Å². The Bertz CT molecular complexity index is 462. The van der Waals surface area contributed by atoms with Crippen LogP contribution in [0.1, 0.15) is 30.9 Å². The number of nitrogens with one attached hydrogen (secondary N) is 1. The lowest BCUT2D eigenvalue weighted by Gasteiger charge is -2.20. The first-order valence-electron chi connectivity index (χ1n) is 6.47. The summed E-state index contributed by atoms with van der Waals surface area (Å²) in [5, 5.41) is 11.6. The molecule has 0 unspecified atom stereocenters. The highest BCUT2D eigenvalue weighted by atomic mass is 16.4. The van der Waals surface area contributed by atoms with Gasteiger partial charge in [0.25, 0.3) is 0 Å². The molecule has 0 spiro atoms. The standard InChI is InChI=1S/C14H18N2O3/c1-2-5-12(13(17)18)15-14(19)16-8-10-6-3-4-7-11(10)9-16/h3-4,6-7,12H,2,5,8-9H2,1H3,(H,15,19)(H,17,18)/t12-/m1/s1. The van der Waals surface area contributed by atoms with Crippen molar-refractivity contribution in [3.8, 4) is 0 Å². The summed E-state index contributed by atoms with van der Waals surface area (Å²) in [6.07, 6.45) is 1.17. The molecule has 1 heterocycles. The minimum atomic E-state index is -0.980.